The summed E-state index contributed by atoms with van der Waals surface area (Å²) >= 11 is 0. The summed E-state index contributed by atoms with van der Waals surface area (Å²) in [7, 11) is 3.97. The van der Waals surface area contributed by atoms with Gasteiger partial charge in [-0.1, -0.05) is 38.1 Å². The van der Waals surface area contributed by atoms with E-state index in [1.54, 1.807) is 6.20 Å². The first kappa shape index (κ1) is 27.9. The predicted molar refractivity (Wildman–Crippen MR) is 168 cm³/mol. The quantitative estimate of drug-likeness (QED) is 0.296. The van der Waals surface area contributed by atoms with Crippen molar-refractivity contribution in [3.63, 3.8) is 0 Å². The number of nitrogens with one attached hydrogen (secondary N) is 2. The van der Waals surface area contributed by atoms with Crippen LogP contribution in [0.2, 0.25) is 0 Å². The molecule has 8 nitrogen and oxygen atoms in total. The molecular weight excluding hydrogens is 545 g/mol. The van der Waals surface area contributed by atoms with Crippen LogP contribution in [-0.2, 0) is 0 Å². The zero-order valence-electron chi connectivity index (χ0n) is 25.2. The number of fused-ring (bicyclic) bond motifs is 4. The van der Waals surface area contributed by atoms with Gasteiger partial charge in [0.2, 0.25) is 5.43 Å². The summed E-state index contributed by atoms with van der Waals surface area (Å²) in [5.74, 6) is 0.320. The Morgan fingerprint density at radius 1 is 1.16 bits per heavy atom. The number of anilines is 1. The highest BCUT2D eigenvalue weighted by Crippen LogP contribution is 2.48. The lowest BCUT2D eigenvalue weighted by atomic mass is 9.93. The molecule has 2 atom stereocenters. The highest BCUT2D eigenvalue weighted by Gasteiger charge is 2.38. The summed E-state index contributed by atoms with van der Waals surface area (Å²) in [5, 5.41) is 8.67. The SMILES string of the molecule is CN(C)CC(C)(C)CNC(=O)c1cn2c3c(c(N4CC5CCCNC5C4)c(F)cc3c1=O)Oc1cc3ccccc3cc1-2. The first-order chi connectivity index (χ1) is 20.6. The number of rotatable bonds is 6. The predicted octanol–water partition coefficient (Wildman–Crippen LogP) is 4.89. The van der Waals surface area contributed by atoms with Crippen LogP contribution in [-0.4, -0.2) is 68.2 Å². The number of carbonyl (C=O) groups is 1. The molecule has 7 rings (SSSR count). The van der Waals surface area contributed by atoms with Crippen LogP contribution in [0.1, 0.15) is 37.0 Å². The van der Waals surface area contributed by atoms with Gasteiger partial charge in [0, 0.05) is 38.4 Å². The Labute approximate surface area is 250 Å². The van der Waals surface area contributed by atoms with Crippen molar-refractivity contribution in [2.24, 2.45) is 11.3 Å². The van der Waals surface area contributed by atoms with E-state index in [-0.39, 0.29) is 16.4 Å². The molecule has 43 heavy (non-hydrogen) atoms. The maximum absolute atomic E-state index is 16.2. The number of amides is 1. The Hall–Kier alpha value is -3.95. The van der Waals surface area contributed by atoms with Crippen molar-refractivity contribution in [2.45, 2.75) is 32.7 Å². The van der Waals surface area contributed by atoms with E-state index in [9.17, 15) is 9.59 Å². The number of nitrogens with zero attached hydrogens (tertiary/aromatic N) is 3. The Morgan fingerprint density at radius 2 is 1.93 bits per heavy atom. The molecule has 2 saturated heterocycles. The second kappa shape index (κ2) is 10.3. The lowest BCUT2D eigenvalue weighted by Crippen LogP contribution is -2.41. The summed E-state index contributed by atoms with van der Waals surface area (Å²) in [6.45, 7) is 7.63. The summed E-state index contributed by atoms with van der Waals surface area (Å²) in [6.07, 6.45) is 3.81. The first-order valence-electron chi connectivity index (χ1n) is 15.1. The van der Waals surface area contributed by atoms with Gasteiger partial charge in [0.05, 0.1) is 11.1 Å². The van der Waals surface area contributed by atoms with Crippen LogP contribution in [0.25, 0.3) is 27.4 Å². The van der Waals surface area contributed by atoms with Crippen LogP contribution < -0.4 is 25.7 Å². The second-order valence-corrected chi connectivity index (χ2v) is 13.4. The highest BCUT2D eigenvalue weighted by atomic mass is 19.1. The van der Waals surface area contributed by atoms with Crippen LogP contribution in [0.4, 0.5) is 10.1 Å². The molecule has 0 aliphatic carbocycles. The molecular formula is C34H38FN5O3. The third-order valence-corrected chi connectivity index (χ3v) is 9.10. The normalized spacial score (nSPS) is 19.4. The van der Waals surface area contributed by atoms with Crippen LogP contribution in [0.5, 0.6) is 11.5 Å². The molecule has 1 amide bonds. The van der Waals surface area contributed by atoms with E-state index >= 15 is 4.39 Å². The first-order valence-corrected chi connectivity index (χ1v) is 15.1. The van der Waals surface area contributed by atoms with Crippen molar-refractivity contribution in [3.8, 4) is 17.2 Å². The van der Waals surface area contributed by atoms with E-state index in [1.807, 2.05) is 55.1 Å². The number of piperidine rings is 1. The van der Waals surface area contributed by atoms with Crippen molar-refractivity contribution >= 4 is 33.3 Å². The summed E-state index contributed by atoms with van der Waals surface area (Å²) in [6, 6.07) is 13.5. The number of hydrogen-bond donors (Lipinski definition) is 2. The minimum atomic E-state index is -0.515. The number of benzene rings is 3. The number of pyridine rings is 1. The van der Waals surface area contributed by atoms with Gasteiger partial charge in [0.1, 0.15) is 16.8 Å². The van der Waals surface area contributed by atoms with Crippen LogP contribution in [0.3, 0.4) is 0 Å². The third-order valence-electron chi connectivity index (χ3n) is 9.10. The molecule has 0 saturated carbocycles. The van der Waals surface area contributed by atoms with Crippen molar-refractivity contribution in [1.82, 2.24) is 20.1 Å². The fourth-order valence-corrected chi connectivity index (χ4v) is 7.30. The molecule has 224 valence electrons. The van der Waals surface area contributed by atoms with Gasteiger partial charge in [-0.05, 0) is 73.8 Å². The van der Waals surface area contributed by atoms with Crippen LogP contribution in [0.15, 0.2) is 53.5 Å². The standard InChI is InChI=1S/C34H38FN5O3/c1-34(2,19-38(3)4)18-37-33(42)24-16-40-27-12-20-8-5-6-9-21(20)13-28(27)43-32-29(40)23(31(24)41)14-25(35)30(32)39-15-22-10-7-11-36-26(22)17-39/h5-6,8-9,12-14,16,22,26,36H,7,10-11,15,17-19H2,1-4H3,(H,37,42). The van der Waals surface area contributed by atoms with E-state index in [4.69, 9.17) is 4.74 Å². The van der Waals surface area contributed by atoms with E-state index in [1.165, 1.54) is 6.07 Å². The van der Waals surface area contributed by atoms with Crippen LogP contribution in [0, 0.1) is 17.2 Å². The molecule has 9 heteroatoms. The van der Waals surface area contributed by atoms with Gasteiger partial charge in [0.25, 0.3) is 5.91 Å². The van der Waals surface area contributed by atoms with Crippen molar-refractivity contribution in [3.05, 3.63) is 70.3 Å². The van der Waals surface area contributed by atoms with Gasteiger partial charge in [0.15, 0.2) is 17.3 Å². The molecule has 0 bridgehead atoms. The number of ether oxygens (including phenoxy) is 1. The summed E-state index contributed by atoms with van der Waals surface area (Å²) < 4.78 is 24.6. The van der Waals surface area contributed by atoms with Crippen LogP contribution >= 0.6 is 0 Å². The third kappa shape index (κ3) is 4.84. The molecule has 4 aromatic rings. The van der Waals surface area contributed by atoms with Gasteiger partial charge in [-0.15, -0.1) is 0 Å². The minimum absolute atomic E-state index is 0.0244. The minimum Gasteiger partial charge on any atom is -0.451 e. The fourth-order valence-electron chi connectivity index (χ4n) is 7.30. The zero-order chi connectivity index (χ0) is 30.0. The zero-order valence-corrected chi connectivity index (χ0v) is 25.2. The Balaban J connectivity index is 1.39. The summed E-state index contributed by atoms with van der Waals surface area (Å²) in [4.78, 5) is 31.6. The van der Waals surface area contributed by atoms with Crippen molar-refractivity contribution < 1.29 is 13.9 Å². The largest absolute Gasteiger partial charge is 0.451 e. The maximum Gasteiger partial charge on any atom is 0.256 e. The van der Waals surface area contributed by atoms with Crippen molar-refractivity contribution in [2.75, 3.05) is 51.7 Å². The average Bonchev–Trinajstić information content (AvgIpc) is 3.39. The topological polar surface area (TPSA) is 78.8 Å². The molecule has 4 heterocycles. The Bertz CT molecular complexity index is 1820. The average molecular weight is 584 g/mol. The molecule has 0 spiro atoms. The van der Waals surface area contributed by atoms with E-state index in [0.717, 1.165) is 36.7 Å². The molecule has 3 aromatic carbocycles. The second-order valence-electron chi connectivity index (χ2n) is 13.4. The molecule has 3 aliphatic heterocycles. The monoisotopic (exact) mass is 583 g/mol. The fraction of sp³-hybridized carbons (Fsp3) is 0.412. The lowest BCUT2D eigenvalue weighted by molar-refractivity contribution is 0.0927. The van der Waals surface area contributed by atoms with Gasteiger partial charge < -0.3 is 29.7 Å². The Morgan fingerprint density at radius 3 is 2.67 bits per heavy atom. The smallest absolute Gasteiger partial charge is 0.256 e. The number of aromatic nitrogens is 1. The number of hydrogen-bond acceptors (Lipinski definition) is 6. The van der Waals surface area contributed by atoms with E-state index < -0.39 is 17.2 Å². The molecule has 3 aliphatic rings. The highest BCUT2D eigenvalue weighted by molar-refractivity contribution is 6.02. The Kier molecular flexibility index (Phi) is 6.70. The summed E-state index contributed by atoms with van der Waals surface area (Å²) in [5.41, 5.74) is 0.812. The lowest BCUT2D eigenvalue weighted by Gasteiger charge is -2.30. The number of halogens is 1. The van der Waals surface area contributed by atoms with Gasteiger partial charge in [-0.2, -0.15) is 0 Å². The van der Waals surface area contributed by atoms with Gasteiger partial charge >= 0.3 is 0 Å². The van der Waals surface area contributed by atoms with Gasteiger partial charge in [-0.3, -0.25) is 9.59 Å². The van der Waals surface area contributed by atoms with Crippen molar-refractivity contribution in [1.29, 1.82) is 0 Å². The number of carbonyl (C=O) groups excluding carboxylic acids is 1. The van der Waals surface area contributed by atoms with Gasteiger partial charge in [-0.25, -0.2) is 4.39 Å². The van der Waals surface area contributed by atoms with E-state index in [2.05, 4.69) is 34.3 Å². The molecule has 2 unspecified atom stereocenters. The molecule has 2 fully saturated rings. The molecule has 2 N–H and O–H groups in total. The molecule has 0 radical (unpaired) electrons. The molecule has 1 aromatic heterocycles. The maximum atomic E-state index is 16.2. The van der Waals surface area contributed by atoms with E-state index in [0.29, 0.717) is 60.0 Å².